The molecule has 0 spiro atoms. The highest BCUT2D eigenvalue weighted by Gasteiger charge is 2.28. The van der Waals surface area contributed by atoms with Crippen LogP contribution in [0.4, 0.5) is 4.79 Å². The van der Waals surface area contributed by atoms with Gasteiger partial charge in [0.25, 0.3) is 0 Å². The van der Waals surface area contributed by atoms with Crippen LogP contribution in [0.1, 0.15) is 58.3 Å². The average Bonchev–Trinajstić information content (AvgIpc) is 3.01. The van der Waals surface area contributed by atoms with Gasteiger partial charge in [0.15, 0.2) is 0 Å². The number of rotatable bonds is 4. The molecule has 5 heteroatoms. The highest BCUT2D eigenvalue weighted by molar-refractivity contribution is 5.74. The van der Waals surface area contributed by atoms with E-state index in [0.717, 1.165) is 39.0 Å². The van der Waals surface area contributed by atoms with Crippen molar-refractivity contribution < 1.29 is 4.79 Å². The molecule has 3 heterocycles. The lowest BCUT2D eigenvalue weighted by Crippen LogP contribution is -2.51. The van der Waals surface area contributed by atoms with Crippen LogP contribution in [0.15, 0.2) is 0 Å². The largest absolute Gasteiger partial charge is 0.325 e. The Labute approximate surface area is 147 Å². The minimum absolute atomic E-state index is 0.281. The number of nitrogens with one attached hydrogen (secondary N) is 1. The molecule has 0 radical (unpaired) electrons. The topological polar surface area (TPSA) is 38.8 Å². The van der Waals surface area contributed by atoms with Gasteiger partial charge in [0.05, 0.1) is 0 Å². The van der Waals surface area contributed by atoms with Crippen molar-refractivity contribution >= 4 is 6.03 Å². The van der Waals surface area contributed by atoms with Crippen LogP contribution in [0.5, 0.6) is 0 Å². The van der Waals surface area contributed by atoms with Crippen molar-refractivity contribution in [1.29, 1.82) is 0 Å². The summed E-state index contributed by atoms with van der Waals surface area (Å²) in [5.74, 6) is 0. The van der Waals surface area contributed by atoms with Gasteiger partial charge in [0, 0.05) is 44.8 Å². The molecule has 3 aliphatic heterocycles. The SMILES string of the molecule is CC(CN1CCCCCC1)NC1CCN(C(=O)N2CCCC2)CC1. The van der Waals surface area contributed by atoms with Crippen molar-refractivity contribution in [2.45, 2.75) is 70.4 Å². The van der Waals surface area contributed by atoms with E-state index >= 15 is 0 Å². The van der Waals surface area contributed by atoms with Gasteiger partial charge >= 0.3 is 6.03 Å². The summed E-state index contributed by atoms with van der Waals surface area (Å²) in [5, 5.41) is 3.82. The summed E-state index contributed by atoms with van der Waals surface area (Å²) in [6.45, 7) is 9.81. The fraction of sp³-hybridized carbons (Fsp3) is 0.947. The second-order valence-corrected chi connectivity index (χ2v) is 8.02. The highest BCUT2D eigenvalue weighted by Crippen LogP contribution is 2.17. The van der Waals surface area contributed by atoms with Crippen LogP contribution in [0.25, 0.3) is 0 Å². The molecule has 1 atom stereocenters. The van der Waals surface area contributed by atoms with Gasteiger partial charge in [-0.25, -0.2) is 4.79 Å². The van der Waals surface area contributed by atoms with Crippen LogP contribution in [0, 0.1) is 0 Å². The molecule has 3 aliphatic rings. The molecule has 5 nitrogen and oxygen atoms in total. The monoisotopic (exact) mass is 336 g/mol. The Morgan fingerprint density at radius 1 is 0.875 bits per heavy atom. The zero-order valence-corrected chi connectivity index (χ0v) is 15.5. The van der Waals surface area contributed by atoms with Gasteiger partial charge in [0.2, 0.25) is 0 Å². The number of hydrogen-bond acceptors (Lipinski definition) is 3. The second kappa shape index (κ2) is 9.04. The number of likely N-dealkylation sites (tertiary alicyclic amines) is 3. The molecule has 2 amide bonds. The van der Waals surface area contributed by atoms with Crippen LogP contribution in [0.2, 0.25) is 0 Å². The fourth-order valence-corrected chi connectivity index (χ4v) is 4.51. The Morgan fingerprint density at radius 2 is 1.42 bits per heavy atom. The summed E-state index contributed by atoms with van der Waals surface area (Å²) < 4.78 is 0. The number of amides is 2. The summed E-state index contributed by atoms with van der Waals surface area (Å²) in [5.41, 5.74) is 0. The summed E-state index contributed by atoms with van der Waals surface area (Å²) in [4.78, 5) is 19.2. The lowest BCUT2D eigenvalue weighted by molar-refractivity contribution is 0.141. The predicted octanol–water partition coefficient (Wildman–Crippen LogP) is 2.52. The molecule has 138 valence electrons. The highest BCUT2D eigenvalue weighted by atomic mass is 16.2. The van der Waals surface area contributed by atoms with Crippen molar-refractivity contribution in [3.8, 4) is 0 Å². The van der Waals surface area contributed by atoms with Crippen molar-refractivity contribution in [3.63, 3.8) is 0 Å². The van der Waals surface area contributed by atoms with Crippen LogP contribution >= 0.6 is 0 Å². The average molecular weight is 337 g/mol. The molecule has 0 saturated carbocycles. The van der Waals surface area contributed by atoms with Gasteiger partial charge in [-0.05, 0) is 58.5 Å². The molecule has 24 heavy (non-hydrogen) atoms. The predicted molar refractivity (Wildman–Crippen MR) is 98.3 cm³/mol. The number of carbonyl (C=O) groups excluding carboxylic acids is 1. The third kappa shape index (κ3) is 5.09. The first kappa shape index (κ1) is 18.0. The van der Waals surface area contributed by atoms with E-state index < -0.39 is 0 Å². The number of piperidine rings is 1. The fourth-order valence-electron chi connectivity index (χ4n) is 4.51. The first-order chi connectivity index (χ1) is 11.7. The molecule has 0 bridgehead atoms. The number of carbonyl (C=O) groups is 1. The summed E-state index contributed by atoms with van der Waals surface area (Å²) in [6, 6.07) is 1.41. The smallest absolute Gasteiger partial charge is 0.319 e. The van der Waals surface area contributed by atoms with Crippen molar-refractivity contribution in [3.05, 3.63) is 0 Å². The second-order valence-electron chi connectivity index (χ2n) is 8.02. The summed E-state index contributed by atoms with van der Waals surface area (Å²) in [7, 11) is 0. The lowest BCUT2D eigenvalue weighted by Gasteiger charge is -2.36. The minimum Gasteiger partial charge on any atom is -0.325 e. The van der Waals surface area contributed by atoms with Crippen LogP contribution in [-0.2, 0) is 0 Å². The van der Waals surface area contributed by atoms with Crippen LogP contribution in [0.3, 0.4) is 0 Å². The van der Waals surface area contributed by atoms with E-state index in [-0.39, 0.29) is 6.03 Å². The molecular weight excluding hydrogens is 300 g/mol. The van der Waals surface area contributed by atoms with Crippen LogP contribution < -0.4 is 5.32 Å². The van der Waals surface area contributed by atoms with Gasteiger partial charge in [-0.1, -0.05) is 12.8 Å². The first-order valence-electron chi connectivity index (χ1n) is 10.2. The standard InChI is InChI=1S/C19H36N4O/c1-17(16-21-10-4-2-3-5-11-21)20-18-8-14-23(15-9-18)19(24)22-12-6-7-13-22/h17-18,20H,2-16H2,1H3. The van der Waals surface area contributed by atoms with E-state index in [1.54, 1.807) is 0 Å². The van der Waals surface area contributed by atoms with Crippen molar-refractivity contribution in [1.82, 2.24) is 20.0 Å². The van der Waals surface area contributed by atoms with E-state index in [4.69, 9.17) is 0 Å². The van der Waals surface area contributed by atoms with Crippen molar-refractivity contribution in [2.75, 3.05) is 45.8 Å². The maximum absolute atomic E-state index is 12.4. The lowest BCUT2D eigenvalue weighted by atomic mass is 10.0. The van der Waals surface area contributed by atoms with E-state index in [0.29, 0.717) is 12.1 Å². The molecule has 3 fully saturated rings. The van der Waals surface area contributed by atoms with Gasteiger partial charge < -0.3 is 20.0 Å². The van der Waals surface area contributed by atoms with Gasteiger partial charge in [-0.3, -0.25) is 0 Å². The zero-order valence-electron chi connectivity index (χ0n) is 15.5. The molecule has 3 rings (SSSR count). The van der Waals surface area contributed by atoms with Crippen LogP contribution in [-0.4, -0.2) is 78.6 Å². The summed E-state index contributed by atoms with van der Waals surface area (Å²) in [6.07, 6.45) is 10.1. The van der Waals surface area contributed by atoms with E-state index in [2.05, 4.69) is 22.0 Å². The molecule has 1 unspecified atom stereocenters. The maximum atomic E-state index is 12.4. The minimum atomic E-state index is 0.281. The number of nitrogens with zero attached hydrogens (tertiary/aromatic N) is 3. The Bertz CT molecular complexity index is 381. The quantitative estimate of drug-likeness (QED) is 0.857. The van der Waals surface area contributed by atoms with Gasteiger partial charge in [-0.2, -0.15) is 0 Å². The number of urea groups is 1. The molecule has 0 aromatic heterocycles. The zero-order chi connectivity index (χ0) is 16.8. The molecule has 0 aliphatic carbocycles. The first-order valence-corrected chi connectivity index (χ1v) is 10.2. The van der Waals surface area contributed by atoms with Gasteiger partial charge in [0.1, 0.15) is 0 Å². The maximum Gasteiger partial charge on any atom is 0.319 e. The number of hydrogen-bond donors (Lipinski definition) is 1. The Morgan fingerprint density at radius 3 is 2.04 bits per heavy atom. The normalized spacial score (nSPS) is 25.7. The molecule has 0 aromatic rings. The Kier molecular flexibility index (Phi) is 6.78. The van der Waals surface area contributed by atoms with E-state index in [1.807, 2.05) is 4.90 Å². The third-order valence-corrected chi connectivity index (χ3v) is 5.89. The Balaban J connectivity index is 1.36. The van der Waals surface area contributed by atoms with E-state index in [9.17, 15) is 4.79 Å². The molecule has 3 saturated heterocycles. The molecule has 0 aromatic carbocycles. The van der Waals surface area contributed by atoms with Crippen molar-refractivity contribution in [2.24, 2.45) is 0 Å². The molecular formula is C19H36N4O. The Hall–Kier alpha value is -0.810. The third-order valence-electron chi connectivity index (χ3n) is 5.89. The molecule has 1 N–H and O–H groups in total. The van der Waals surface area contributed by atoms with Gasteiger partial charge in [-0.15, -0.1) is 0 Å². The van der Waals surface area contributed by atoms with E-state index in [1.165, 1.54) is 58.2 Å². The summed E-state index contributed by atoms with van der Waals surface area (Å²) >= 11 is 0.